The Morgan fingerprint density at radius 2 is 1.92 bits per heavy atom. The molecule has 25 heavy (non-hydrogen) atoms. The molecule has 0 saturated carbocycles. The average molecular weight is 381 g/mol. The number of carbonyl (C=O) groups is 2. The number of hydroxylamine groups is 2. The Bertz CT molecular complexity index is 782. The van der Waals surface area contributed by atoms with Gasteiger partial charge < -0.3 is 9.57 Å². The maximum atomic E-state index is 12.6. The topological polar surface area (TPSA) is 67.9 Å². The van der Waals surface area contributed by atoms with Gasteiger partial charge in [-0.3, -0.25) is 10.1 Å². The summed E-state index contributed by atoms with van der Waals surface area (Å²) < 4.78 is 5.72. The van der Waals surface area contributed by atoms with E-state index < -0.39 is 18.2 Å². The van der Waals surface area contributed by atoms with Gasteiger partial charge in [-0.1, -0.05) is 23.7 Å². The van der Waals surface area contributed by atoms with Gasteiger partial charge >= 0.3 is 6.09 Å². The highest BCUT2D eigenvalue weighted by Crippen LogP contribution is 2.29. The van der Waals surface area contributed by atoms with Crippen molar-refractivity contribution in [3.05, 3.63) is 59.1 Å². The molecule has 0 saturated heterocycles. The largest absolute Gasteiger partial charge is 0.466 e. The Morgan fingerprint density at radius 1 is 1.20 bits per heavy atom. The molecule has 0 fully saturated rings. The van der Waals surface area contributed by atoms with Crippen molar-refractivity contribution in [3.63, 3.8) is 0 Å². The standard InChI is InChI=1S/C17H14Cl2N2O4/c18-10-9-15-21(16(22)13-3-1-2-4-14(13)24-15)25-17(23)20-12-7-5-11(19)6-8-12/h1-8,15H,9-10H2,(H,20,23)/t15-/m1/s1. The van der Waals surface area contributed by atoms with Crippen LogP contribution in [0.3, 0.4) is 0 Å². The molecule has 3 rings (SSSR count). The van der Waals surface area contributed by atoms with Gasteiger partial charge in [0.25, 0.3) is 5.91 Å². The van der Waals surface area contributed by atoms with Crippen molar-refractivity contribution < 1.29 is 19.2 Å². The molecule has 8 heteroatoms. The third-order valence-corrected chi connectivity index (χ3v) is 3.94. The summed E-state index contributed by atoms with van der Waals surface area (Å²) in [5.74, 6) is 0.197. The van der Waals surface area contributed by atoms with Crippen LogP contribution in [0.25, 0.3) is 0 Å². The van der Waals surface area contributed by atoms with E-state index in [2.05, 4.69) is 5.32 Å². The van der Waals surface area contributed by atoms with Gasteiger partial charge in [0.1, 0.15) is 5.75 Å². The first-order chi connectivity index (χ1) is 12.1. The van der Waals surface area contributed by atoms with Crippen molar-refractivity contribution in [1.29, 1.82) is 0 Å². The number of para-hydroxylation sites is 1. The third kappa shape index (κ3) is 3.97. The quantitative estimate of drug-likeness (QED) is 0.803. The van der Waals surface area contributed by atoms with Gasteiger partial charge in [0.15, 0.2) is 0 Å². The molecule has 0 spiro atoms. The molecule has 1 atom stereocenters. The number of alkyl halides is 1. The number of hydrogen-bond acceptors (Lipinski definition) is 4. The molecule has 1 aliphatic heterocycles. The predicted molar refractivity (Wildman–Crippen MR) is 93.9 cm³/mol. The molecule has 2 aromatic rings. The van der Waals surface area contributed by atoms with Crippen molar-refractivity contribution in [2.45, 2.75) is 12.6 Å². The Balaban J connectivity index is 1.75. The molecular weight excluding hydrogens is 367 g/mol. The van der Waals surface area contributed by atoms with Gasteiger partial charge in [-0.05, 0) is 36.4 Å². The number of rotatable bonds is 4. The molecule has 0 aromatic heterocycles. The Hall–Kier alpha value is -2.44. The van der Waals surface area contributed by atoms with Crippen LogP contribution in [-0.2, 0) is 4.84 Å². The monoisotopic (exact) mass is 380 g/mol. The van der Waals surface area contributed by atoms with Crippen LogP contribution in [0.5, 0.6) is 5.75 Å². The van der Waals surface area contributed by atoms with E-state index in [0.717, 1.165) is 5.06 Å². The summed E-state index contributed by atoms with van der Waals surface area (Å²) in [5, 5.41) is 3.96. The first-order valence-corrected chi connectivity index (χ1v) is 8.39. The number of amides is 2. The highest BCUT2D eigenvalue weighted by molar-refractivity contribution is 6.30. The van der Waals surface area contributed by atoms with E-state index in [-0.39, 0.29) is 5.88 Å². The lowest BCUT2D eigenvalue weighted by Gasteiger charge is -2.34. The number of ether oxygens (including phenoxy) is 1. The normalized spacial score (nSPS) is 16.0. The minimum atomic E-state index is -0.821. The number of nitrogens with one attached hydrogen (secondary N) is 1. The van der Waals surface area contributed by atoms with E-state index in [1.54, 1.807) is 48.5 Å². The van der Waals surface area contributed by atoms with Crippen LogP contribution in [-0.4, -0.2) is 29.2 Å². The van der Waals surface area contributed by atoms with Gasteiger partial charge in [0.2, 0.25) is 6.23 Å². The Morgan fingerprint density at radius 3 is 2.64 bits per heavy atom. The van der Waals surface area contributed by atoms with Crippen LogP contribution in [0, 0.1) is 0 Å². The number of nitrogens with zero attached hydrogens (tertiary/aromatic N) is 1. The van der Waals surface area contributed by atoms with Crippen molar-refractivity contribution in [3.8, 4) is 5.75 Å². The number of anilines is 1. The van der Waals surface area contributed by atoms with E-state index >= 15 is 0 Å². The van der Waals surface area contributed by atoms with Crippen LogP contribution in [0.1, 0.15) is 16.8 Å². The molecule has 0 radical (unpaired) electrons. The number of fused-ring (bicyclic) bond motifs is 1. The third-order valence-electron chi connectivity index (χ3n) is 3.47. The fraction of sp³-hybridized carbons (Fsp3) is 0.176. The van der Waals surface area contributed by atoms with Crippen molar-refractivity contribution in [1.82, 2.24) is 5.06 Å². The van der Waals surface area contributed by atoms with Crippen LogP contribution in [0.15, 0.2) is 48.5 Å². The molecule has 0 unspecified atom stereocenters. The SMILES string of the molecule is O=C(Nc1ccc(Cl)cc1)ON1C(=O)c2ccccc2O[C@@H]1CCCl. The zero-order valence-electron chi connectivity index (χ0n) is 12.9. The van der Waals surface area contributed by atoms with Gasteiger partial charge in [0.05, 0.1) is 5.56 Å². The molecule has 6 nitrogen and oxygen atoms in total. The second-order valence-electron chi connectivity index (χ2n) is 5.19. The first kappa shape index (κ1) is 17.4. The smallest absolute Gasteiger partial charge is 0.436 e. The maximum Gasteiger partial charge on any atom is 0.436 e. The van der Waals surface area contributed by atoms with E-state index in [9.17, 15) is 9.59 Å². The highest BCUT2D eigenvalue weighted by atomic mass is 35.5. The minimum Gasteiger partial charge on any atom is -0.466 e. The zero-order chi connectivity index (χ0) is 17.8. The summed E-state index contributed by atoms with van der Waals surface area (Å²) in [6.45, 7) is 0. The fourth-order valence-electron chi connectivity index (χ4n) is 2.32. The minimum absolute atomic E-state index is 0.235. The second kappa shape index (κ2) is 7.63. The van der Waals surface area contributed by atoms with Crippen molar-refractivity contribution in [2.24, 2.45) is 0 Å². The zero-order valence-corrected chi connectivity index (χ0v) is 14.5. The molecule has 2 amide bonds. The summed E-state index contributed by atoms with van der Waals surface area (Å²) >= 11 is 11.6. The molecule has 1 heterocycles. The van der Waals surface area contributed by atoms with E-state index in [0.29, 0.717) is 28.4 Å². The summed E-state index contributed by atoms with van der Waals surface area (Å²) in [5.41, 5.74) is 0.793. The lowest BCUT2D eigenvalue weighted by molar-refractivity contribution is -0.153. The number of carbonyl (C=O) groups excluding carboxylic acids is 2. The fourth-order valence-corrected chi connectivity index (χ4v) is 2.64. The van der Waals surface area contributed by atoms with E-state index in [1.165, 1.54) is 0 Å². The van der Waals surface area contributed by atoms with Crippen molar-refractivity contribution >= 4 is 40.9 Å². The van der Waals surface area contributed by atoms with Crippen LogP contribution >= 0.6 is 23.2 Å². The van der Waals surface area contributed by atoms with Crippen molar-refractivity contribution in [2.75, 3.05) is 11.2 Å². The van der Waals surface area contributed by atoms with Crippen LogP contribution in [0.2, 0.25) is 5.02 Å². The molecule has 1 N–H and O–H groups in total. The second-order valence-corrected chi connectivity index (χ2v) is 6.00. The van der Waals surface area contributed by atoms with Gasteiger partial charge in [-0.25, -0.2) is 4.79 Å². The molecule has 0 bridgehead atoms. The highest BCUT2D eigenvalue weighted by Gasteiger charge is 2.36. The first-order valence-electron chi connectivity index (χ1n) is 7.48. The number of benzene rings is 2. The predicted octanol–water partition coefficient (Wildman–Crippen LogP) is 4.29. The van der Waals surface area contributed by atoms with E-state index in [1.807, 2.05) is 0 Å². The maximum absolute atomic E-state index is 12.6. The molecule has 2 aromatic carbocycles. The Kier molecular flexibility index (Phi) is 5.31. The lowest BCUT2D eigenvalue weighted by atomic mass is 10.1. The average Bonchev–Trinajstić information content (AvgIpc) is 2.60. The van der Waals surface area contributed by atoms with Gasteiger partial charge in [-0.15, -0.1) is 16.7 Å². The van der Waals surface area contributed by atoms with Crippen LogP contribution < -0.4 is 10.1 Å². The van der Waals surface area contributed by atoms with E-state index in [4.69, 9.17) is 32.8 Å². The molecule has 0 aliphatic carbocycles. The lowest BCUT2D eigenvalue weighted by Crippen LogP contribution is -2.49. The summed E-state index contributed by atoms with van der Waals surface area (Å²) in [6, 6.07) is 13.2. The molecular formula is C17H14Cl2N2O4. The summed E-state index contributed by atoms with van der Waals surface area (Å²) in [6.07, 6.45) is -1.32. The summed E-state index contributed by atoms with van der Waals surface area (Å²) in [4.78, 5) is 29.9. The number of halogens is 2. The Labute approximate surface area is 154 Å². The van der Waals surface area contributed by atoms with Crippen LogP contribution in [0.4, 0.5) is 10.5 Å². The van der Waals surface area contributed by atoms with Gasteiger partial charge in [0, 0.05) is 23.0 Å². The molecule has 130 valence electrons. The number of hydrogen-bond donors (Lipinski definition) is 1. The molecule has 1 aliphatic rings. The van der Waals surface area contributed by atoms with Gasteiger partial charge in [-0.2, -0.15) is 0 Å². The summed E-state index contributed by atoms with van der Waals surface area (Å²) in [7, 11) is 0.